The zero-order valence-corrected chi connectivity index (χ0v) is 19.7. The molecule has 3 rings (SSSR count). The second kappa shape index (κ2) is 11.8. The quantitative estimate of drug-likeness (QED) is 0.547. The summed E-state index contributed by atoms with van der Waals surface area (Å²) in [6.07, 6.45) is 2.45. The van der Waals surface area contributed by atoms with Crippen LogP contribution in [0.3, 0.4) is 0 Å². The van der Waals surface area contributed by atoms with Gasteiger partial charge in [-0.3, -0.25) is 9.59 Å². The third-order valence-corrected chi connectivity index (χ3v) is 6.50. The van der Waals surface area contributed by atoms with Gasteiger partial charge in [-0.2, -0.15) is 0 Å². The van der Waals surface area contributed by atoms with Crippen molar-refractivity contribution >= 4 is 23.2 Å². The van der Waals surface area contributed by atoms with Crippen LogP contribution in [0.1, 0.15) is 25.0 Å². The highest BCUT2D eigenvalue weighted by Gasteiger charge is 2.27. The molecule has 0 bridgehead atoms. The molecule has 0 radical (unpaired) electrons. The summed E-state index contributed by atoms with van der Waals surface area (Å²) < 4.78 is 15.6. The summed E-state index contributed by atoms with van der Waals surface area (Å²) in [4.78, 5) is 31.5. The predicted octanol–water partition coefficient (Wildman–Crippen LogP) is 2.76. The monoisotopic (exact) mass is 461 g/mol. The summed E-state index contributed by atoms with van der Waals surface area (Å²) in [5, 5.41) is 5.71. The number of carbonyl (C=O) groups excluding carboxylic acids is 2. The summed E-state index contributed by atoms with van der Waals surface area (Å²) in [5.74, 6) is 1.40. The van der Waals surface area contributed by atoms with E-state index in [2.05, 4.69) is 10.3 Å². The summed E-state index contributed by atoms with van der Waals surface area (Å²) in [6.45, 7) is 2.46. The van der Waals surface area contributed by atoms with Gasteiger partial charge in [0.2, 0.25) is 11.8 Å². The lowest BCUT2D eigenvalue weighted by Crippen LogP contribution is -2.43. The number of piperidine rings is 1. The van der Waals surface area contributed by atoms with Gasteiger partial charge in [-0.1, -0.05) is 0 Å². The van der Waals surface area contributed by atoms with Crippen molar-refractivity contribution in [3.63, 3.8) is 0 Å². The zero-order valence-electron chi connectivity index (χ0n) is 18.9. The summed E-state index contributed by atoms with van der Waals surface area (Å²) in [7, 11) is 4.85. The van der Waals surface area contributed by atoms with E-state index in [-0.39, 0.29) is 24.2 Å². The molecule has 1 aromatic heterocycles. The van der Waals surface area contributed by atoms with Gasteiger partial charge >= 0.3 is 0 Å². The average Bonchev–Trinajstić information content (AvgIpc) is 3.29. The van der Waals surface area contributed by atoms with E-state index >= 15 is 0 Å². The molecular formula is C23H31N3O5S. The number of amides is 2. The average molecular weight is 462 g/mol. The van der Waals surface area contributed by atoms with E-state index in [9.17, 15) is 9.59 Å². The fourth-order valence-corrected chi connectivity index (χ4v) is 4.54. The number of ether oxygens (including phenoxy) is 3. The maximum Gasteiger partial charge on any atom is 0.228 e. The molecule has 8 nitrogen and oxygen atoms in total. The maximum absolute atomic E-state index is 12.8. The molecule has 2 aromatic rings. The Morgan fingerprint density at radius 2 is 1.91 bits per heavy atom. The first-order chi connectivity index (χ1) is 15.5. The van der Waals surface area contributed by atoms with Crippen molar-refractivity contribution in [3.05, 3.63) is 29.3 Å². The van der Waals surface area contributed by atoms with Crippen molar-refractivity contribution in [2.75, 3.05) is 47.6 Å². The van der Waals surface area contributed by atoms with Crippen LogP contribution in [0.15, 0.2) is 23.6 Å². The highest BCUT2D eigenvalue weighted by molar-refractivity contribution is 7.13. The van der Waals surface area contributed by atoms with Crippen LogP contribution in [0.5, 0.6) is 11.5 Å². The van der Waals surface area contributed by atoms with Crippen LogP contribution in [0.2, 0.25) is 0 Å². The third kappa shape index (κ3) is 6.20. The molecule has 1 N–H and O–H groups in total. The molecule has 0 unspecified atom stereocenters. The molecule has 1 aliphatic rings. The minimum absolute atomic E-state index is 0.0301. The number of nitrogens with one attached hydrogen (secondary N) is 1. The lowest BCUT2D eigenvalue weighted by atomic mass is 9.95. The van der Waals surface area contributed by atoms with Gasteiger partial charge in [-0.05, 0) is 37.5 Å². The molecule has 0 atom stereocenters. The number of rotatable bonds is 10. The number of likely N-dealkylation sites (tertiary alicyclic amines) is 1. The van der Waals surface area contributed by atoms with Gasteiger partial charge in [-0.15, -0.1) is 11.3 Å². The van der Waals surface area contributed by atoms with Crippen LogP contribution in [-0.2, 0) is 20.7 Å². The number of thiazole rings is 1. The Labute approximate surface area is 192 Å². The van der Waals surface area contributed by atoms with Crippen LogP contribution in [-0.4, -0.2) is 69.3 Å². The Bertz CT molecular complexity index is 909. The molecule has 1 saturated heterocycles. The lowest BCUT2D eigenvalue weighted by molar-refractivity contribution is -0.135. The summed E-state index contributed by atoms with van der Waals surface area (Å²) in [5.41, 5.74) is 1.67. The third-order valence-electron chi connectivity index (χ3n) is 5.56. The molecule has 1 aromatic carbocycles. The molecule has 174 valence electrons. The first-order valence-electron chi connectivity index (χ1n) is 10.8. The van der Waals surface area contributed by atoms with Crippen LogP contribution >= 0.6 is 11.3 Å². The Hall–Kier alpha value is -2.65. The second-order valence-corrected chi connectivity index (χ2v) is 8.54. The second-order valence-electron chi connectivity index (χ2n) is 7.68. The SMILES string of the molecule is COCCCNC(=O)C1CCN(C(=O)Cc2csc(-c3ccc(OC)c(OC)c3)n2)CC1. The van der Waals surface area contributed by atoms with E-state index in [0.717, 1.165) is 22.7 Å². The van der Waals surface area contributed by atoms with Gasteiger partial charge in [0, 0.05) is 50.2 Å². The standard InChI is InChI=1S/C23H31N3O5S/c1-29-12-4-9-24-22(28)16-7-10-26(11-8-16)21(27)14-18-15-32-23(25-18)17-5-6-19(30-2)20(13-17)31-3/h5-6,13,15-16H,4,7-12,14H2,1-3H3,(H,24,28). The number of carbonyl (C=O) groups is 2. The number of hydrogen-bond donors (Lipinski definition) is 1. The predicted molar refractivity (Wildman–Crippen MR) is 123 cm³/mol. The van der Waals surface area contributed by atoms with Crippen LogP contribution in [0, 0.1) is 5.92 Å². The number of benzene rings is 1. The minimum atomic E-state index is -0.0301. The number of aromatic nitrogens is 1. The van der Waals surface area contributed by atoms with Crippen molar-refractivity contribution in [1.82, 2.24) is 15.2 Å². The first kappa shape index (κ1) is 24.0. The Kier molecular flexibility index (Phi) is 8.87. The van der Waals surface area contributed by atoms with Gasteiger partial charge in [0.25, 0.3) is 0 Å². The number of hydrogen-bond acceptors (Lipinski definition) is 7. The van der Waals surface area contributed by atoms with Crippen molar-refractivity contribution in [2.24, 2.45) is 5.92 Å². The minimum Gasteiger partial charge on any atom is -0.493 e. The maximum atomic E-state index is 12.8. The molecule has 2 heterocycles. The Morgan fingerprint density at radius 3 is 2.59 bits per heavy atom. The highest BCUT2D eigenvalue weighted by atomic mass is 32.1. The molecule has 9 heteroatoms. The molecule has 0 saturated carbocycles. The Morgan fingerprint density at radius 1 is 1.16 bits per heavy atom. The largest absolute Gasteiger partial charge is 0.493 e. The molecular weight excluding hydrogens is 430 g/mol. The molecule has 1 aliphatic heterocycles. The fourth-order valence-electron chi connectivity index (χ4n) is 3.72. The van der Waals surface area contributed by atoms with E-state index in [1.165, 1.54) is 11.3 Å². The smallest absolute Gasteiger partial charge is 0.228 e. The van der Waals surface area contributed by atoms with Gasteiger partial charge in [0.15, 0.2) is 11.5 Å². The Balaban J connectivity index is 1.50. The molecule has 0 aliphatic carbocycles. The van der Waals surface area contributed by atoms with E-state index in [1.807, 2.05) is 28.5 Å². The van der Waals surface area contributed by atoms with Gasteiger partial charge in [-0.25, -0.2) is 4.98 Å². The van der Waals surface area contributed by atoms with Crippen molar-refractivity contribution < 1.29 is 23.8 Å². The van der Waals surface area contributed by atoms with E-state index < -0.39 is 0 Å². The normalized spacial score (nSPS) is 14.3. The van der Waals surface area contributed by atoms with Crippen molar-refractivity contribution in [1.29, 1.82) is 0 Å². The zero-order chi connectivity index (χ0) is 22.9. The van der Waals surface area contributed by atoms with E-state index in [0.29, 0.717) is 50.6 Å². The molecule has 0 spiro atoms. The topological polar surface area (TPSA) is 90.0 Å². The van der Waals surface area contributed by atoms with E-state index in [4.69, 9.17) is 14.2 Å². The van der Waals surface area contributed by atoms with E-state index in [1.54, 1.807) is 21.3 Å². The molecule has 32 heavy (non-hydrogen) atoms. The molecule has 1 fully saturated rings. The van der Waals surface area contributed by atoms with Crippen molar-refractivity contribution in [3.8, 4) is 22.1 Å². The lowest BCUT2D eigenvalue weighted by Gasteiger charge is -2.31. The number of nitrogens with zero attached hydrogens (tertiary/aromatic N) is 2. The number of methoxy groups -OCH3 is 3. The van der Waals surface area contributed by atoms with Gasteiger partial charge in [0.05, 0.1) is 26.3 Å². The van der Waals surface area contributed by atoms with Crippen molar-refractivity contribution in [2.45, 2.75) is 25.7 Å². The van der Waals surface area contributed by atoms with Crippen LogP contribution in [0.4, 0.5) is 0 Å². The highest BCUT2D eigenvalue weighted by Crippen LogP contribution is 2.33. The van der Waals surface area contributed by atoms with Crippen LogP contribution in [0.25, 0.3) is 10.6 Å². The van der Waals surface area contributed by atoms with Crippen LogP contribution < -0.4 is 14.8 Å². The first-order valence-corrected chi connectivity index (χ1v) is 11.6. The summed E-state index contributed by atoms with van der Waals surface area (Å²) in [6, 6.07) is 5.66. The van der Waals surface area contributed by atoms with Gasteiger partial charge < -0.3 is 24.4 Å². The summed E-state index contributed by atoms with van der Waals surface area (Å²) >= 11 is 1.50. The molecule has 2 amide bonds. The van der Waals surface area contributed by atoms with Gasteiger partial charge in [0.1, 0.15) is 5.01 Å². The fraction of sp³-hybridized carbons (Fsp3) is 0.522.